The van der Waals surface area contributed by atoms with Gasteiger partial charge in [-0.2, -0.15) is 4.31 Å². The highest BCUT2D eigenvalue weighted by Gasteiger charge is 2.34. The van der Waals surface area contributed by atoms with E-state index in [0.717, 1.165) is 0 Å². The van der Waals surface area contributed by atoms with Gasteiger partial charge in [0, 0.05) is 25.2 Å². The van der Waals surface area contributed by atoms with E-state index in [1.54, 1.807) is 13.0 Å². The minimum absolute atomic E-state index is 0.175. The third kappa shape index (κ3) is 3.04. The van der Waals surface area contributed by atoms with Gasteiger partial charge < -0.3 is 5.73 Å². The van der Waals surface area contributed by atoms with Crippen LogP contribution < -0.4 is 5.73 Å². The molecule has 118 valence electrons. The molecule has 2 N–H and O–H groups in total. The first kappa shape index (κ1) is 16.5. The molecule has 0 spiro atoms. The zero-order valence-corrected chi connectivity index (χ0v) is 14.4. The lowest BCUT2D eigenvalue weighted by Crippen LogP contribution is -2.56. The molecular weight excluding hydrogens is 310 g/mol. The molecule has 1 aliphatic heterocycles. The van der Waals surface area contributed by atoms with Crippen molar-refractivity contribution >= 4 is 27.3 Å². The normalized spacial score (nSPS) is 25.2. The van der Waals surface area contributed by atoms with E-state index in [9.17, 15) is 8.42 Å². The lowest BCUT2D eigenvalue weighted by atomic mass is 10.1. The molecule has 1 saturated heterocycles. The van der Waals surface area contributed by atoms with Crippen LogP contribution >= 0.6 is 11.6 Å². The Balaban J connectivity index is 2.39. The van der Waals surface area contributed by atoms with Crippen LogP contribution in [-0.2, 0) is 10.0 Å². The zero-order chi connectivity index (χ0) is 15.9. The molecule has 2 atom stereocenters. The van der Waals surface area contributed by atoms with Crippen molar-refractivity contribution < 1.29 is 8.42 Å². The largest absolute Gasteiger partial charge is 0.397 e. The molecule has 0 amide bonds. The maximum Gasteiger partial charge on any atom is 0.243 e. The summed E-state index contributed by atoms with van der Waals surface area (Å²) in [6, 6.07) is 3.38. The van der Waals surface area contributed by atoms with Gasteiger partial charge >= 0.3 is 0 Å². The Labute approximate surface area is 131 Å². The summed E-state index contributed by atoms with van der Waals surface area (Å²) in [6.07, 6.45) is 0. The Kier molecular flexibility index (Phi) is 4.54. The number of hydrogen-bond acceptors (Lipinski definition) is 4. The zero-order valence-electron chi connectivity index (χ0n) is 12.8. The van der Waals surface area contributed by atoms with Gasteiger partial charge in [0.15, 0.2) is 0 Å². The van der Waals surface area contributed by atoms with Crippen molar-refractivity contribution in [3.63, 3.8) is 0 Å². The van der Waals surface area contributed by atoms with E-state index in [-0.39, 0.29) is 17.0 Å². The molecule has 1 aromatic carbocycles. The number of hydrogen-bond donors (Lipinski definition) is 1. The van der Waals surface area contributed by atoms with Gasteiger partial charge in [0.2, 0.25) is 10.0 Å². The Morgan fingerprint density at radius 2 is 1.76 bits per heavy atom. The van der Waals surface area contributed by atoms with Crippen molar-refractivity contribution in [2.24, 2.45) is 0 Å². The molecule has 0 aliphatic carbocycles. The highest BCUT2D eigenvalue weighted by atomic mass is 35.5. The van der Waals surface area contributed by atoms with E-state index in [0.29, 0.717) is 29.4 Å². The van der Waals surface area contributed by atoms with Crippen molar-refractivity contribution in [3.8, 4) is 0 Å². The van der Waals surface area contributed by atoms with Crippen LogP contribution in [-0.4, -0.2) is 49.8 Å². The second-order valence-electron chi connectivity index (χ2n) is 5.83. The maximum absolute atomic E-state index is 12.8. The number of nitrogens with two attached hydrogens (primary N) is 1. The molecule has 2 unspecified atom stereocenters. The summed E-state index contributed by atoms with van der Waals surface area (Å²) in [4.78, 5) is 2.40. The van der Waals surface area contributed by atoms with Crippen LogP contribution in [0.5, 0.6) is 0 Å². The maximum atomic E-state index is 12.8. The van der Waals surface area contributed by atoms with E-state index in [2.05, 4.69) is 4.90 Å². The predicted octanol–water partition coefficient (Wildman–Crippen LogP) is 1.94. The van der Waals surface area contributed by atoms with Gasteiger partial charge in [0.05, 0.1) is 15.6 Å². The molecule has 7 heteroatoms. The Morgan fingerprint density at radius 3 is 2.24 bits per heavy atom. The van der Waals surface area contributed by atoms with E-state index in [1.807, 2.05) is 20.9 Å². The summed E-state index contributed by atoms with van der Waals surface area (Å²) in [7, 11) is -1.53. The third-order valence-electron chi connectivity index (χ3n) is 4.22. The minimum Gasteiger partial charge on any atom is -0.397 e. The Morgan fingerprint density at radius 1 is 1.24 bits per heavy atom. The average Bonchev–Trinajstić information content (AvgIpc) is 2.40. The molecule has 0 radical (unpaired) electrons. The number of sulfonamides is 1. The summed E-state index contributed by atoms with van der Waals surface area (Å²) in [6.45, 7) is 6.77. The number of nitrogens with zero attached hydrogens (tertiary/aromatic N) is 2. The van der Waals surface area contributed by atoms with Gasteiger partial charge in [-0.3, -0.25) is 4.90 Å². The first-order chi connectivity index (χ1) is 9.64. The number of nitrogen functional groups attached to an aromatic ring is 1. The van der Waals surface area contributed by atoms with Gasteiger partial charge in [-0.15, -0.1) is 0 Å². The van der Waals surface area contributed by atoms with Gasteiger partial charge in [-0.05, 0) is 45.5 Å². The fraction of sp³-hybridized carbons (Fsp3) is 0.571. The predicted molar refractivity (Wildman–Crippen MR) is 86.0 cm³/mol. The molecule has 0 aromatic heterocycles. The first-order valence-electron chi connectivity index (χ1n) is 6.92. The van der Waals surface area contributed by atoms with E-state index in [4.69, 9.17) is 17.3 Å². The summed E-state index contributed by atoms with van der Waals surface area (Å²) in [5, 5.41) is 0.411. The quantitative estimate of drug-likeness (QED) is 0.841. The molecule has 1 aliphatic rings. The highest BCUT2D eigenvalue weighted by Crippen LogP contribution is 2.29. The van der Waals surface area contributed by atoms with Crippen molar-refractivity contribution in [1.29, 1.82) is 0 Å². The Bertz CT molecular complexity index is 613. The molecule has 2 rings (SSSR count). The van der Waals surface area contributed by atoms with Crippen molar-refractivity contribution in [2.45, 2.75) is 37.8 Å². The third-order valence-corrected chi connectivity index (χ3v) is 6.55. The molecule has 1 heterocycles. The van der Waals surface area contributed by atoms with Crippen LogP contribution in [0.3, 0.4) is 0 Å². The fourth-order valence-electron chi connectivity index (χ4n) is 2.61. The second kappa shape index (κ2) is 5.76. The van der Waals surface area contributed by atoms with Crippen LogP contribution in [0.15, 0.2) is 17.0 Å². The number of halogens is 1. The average molecular weight is 332 g/mol. The topological polar surface area (TPSA) is 66.6 Å². The van der Waals surface area contributed by atoms with Crippen LogP contribution in [0.4, 0.5) is 5.69 Å². The number of rotatable bonds is 2. The number of anilines is 1. The second-order valence-corrected chi connectivity index (χ2v) is 8.14. The van der Waals surface area contributed by atoms with Crippen molar-refractivity contribution in [2.75, 3.05) is 25.9 Å². The van der Waals surface area contributed by atoms with Gasteiger partial charge in [-0.25, -0.2) is 8.42 Å². The molecule has 5 nitrogen and oxygen atoms in total. The van der Waals surface area contributed by atoms with Crippen LogP contribution in [0.25, 0.3) is 0 Å². The summed E-state index contributed by atoms with van der Waals surface area (Å²) in [5.74, 6) is 0. The summed E-state index contributed by atoms with van der Waals surface area (Å²) < 4.78 is 27.2. The molecule has 0 bridgehead atoms. The number of piperazine rings is 1. The first-order valence-corrected chi connectivity index (χ1v) is 8.74. The lowest BCUT2D eigenvalue weighted by molar-refractivity contribution is 0.105. The standard InChI is InChI=1S/C14H22ClN3O2S/c1-9-5-12(6-13(16)14(9)15)21(19,20)18-7-10(2)17(4)11(3)8-18/h5-6,10-11H,7-8,16H2,1-4H3. The van der Waals surface area contributed by atoms with Gasteiger partial charge in [-0.1, -0.05) is 11.6 Å². The highest BCUT2D eigenvalue weighted by molar-refractivity contribution is 7.89. The Hall–Kier alpha value is -0.820. The number of aryl methyl sites for hydroxylation is 1. The van der Waals surface area contributed by atoms with Crippen LogP contribution in [0, 0.1) is 6.92 Å². The SMILES string of the molecule is Cc1cc(S(=O)(=O)N2CC(C)N(C)C(C)C2)cc(N)c1Cl. The molecule has 0 saturated carbocycles. The van der Waals surface area contributed by atoms with Gasteiger partial charge in [0.25, 0.3) is 0 Å². The van der Waals surface area contributed by atoms with Crippen LogP contribution in [0.1, 0.15) is 19.4 Å². The summed E-state index contributed by atoms with van der Waals surface area (Å²) in [5.41, 5.74) is 6.77. The summed E-state index contributed by atoms with van der Waals surface area (Å²) >= 11 is 6.01. The number of likely N-dealkylation sites (N-methyl/N-ethyl adjacent to an activating group) is 1. The van der Waals surface area contributed by atoms with Crippen molar-refractivity contribution in [3.05, 3.63) is 22.7 Å². The fourth-order valence-corrected chi connectivity index (χ4v) is 4.45. The lowest BCUT2D eigenvalue weighted by Gasteiger charge is -2.41. The number of benzene rings is 1. The molecular formula is C14H22ClN3O2S. The van der Waals surface area contributed by atoms with E-state index in [1.165, 1.54) is 10.4 Å². The monoisotopic (exact) mass is 331 g/mol. The molecule has 21 heavy (non-hydrogen) atoms. The van der Waals surface area contributed by atoms with Gasteiger partial charge in [0.1, 0.15) is 0 Å². The smallest absolute Gasteiger partial charge is 0.243 e. The molecule has 1 fully saturated rings. The van der Waals surface area contributed by atoms with E-state index >= 15 is 0 Å². The minimum atomic E-state index is -3.55. The van der Waals surface area contributed by atoms with Crippen LogP contribution in [0.2, 0.25) is 5.02 Å². The van der Waals surface area contributed by atoms with E-state index < -0.39 is 10.0 Å². The van der Waals surface area contributed by atoms with Crippen molar-refractivity contribution in [1.82, 2.24) is 9.21 Å². The molecule has 1 aromatic rings.